The Kier molecular flexibility index (Phi) is 8.20. The molecule has 142 valence electrons. The molecule has 0 bridgehead atoms. The summed E-state index contributed by atoms with van der Waals surface area (Å²) in [7, 11) is -1.14. The van der Waals surface area contributed by atoms with Gasteiger partial charge >= 0.3 is 166 Å². The van der Waals surface area contributed by atoms with Crippen LogP contribution in [0.25, 0.3) is 5.57 Å². The van der Waals surface area contributed by atoms with Crippen molar-refractivity contribution in [1.29, 1.82) is 0 Å². The van der Waals surface area contributed by atoms with Crippen molar-refractivity contribution in [1.82, 2.24) is 0 Å². The summed E-state index contributed by atoms with van der Waals surface area (Å²) in [4.78, 5) is 0. The van der Waals surface area contributed by atoms with Gasteiger partial charge < -0.3 is 24.8 Å². The molecule has 0 radical (unpaired) electrons. The van der Waals surface area contributed by atoms with Crippen molar-refractivity contribution in [3.8, 4) is 0 Å². The van der Waals surface area contributed by atoms with Crippen molar-refractivity contribution in [2.24, 2.45) is 0 Å². The van der Waals surface area contributed by atoms with E-state index in [9.17, 15) is 0 Å². The molecule has 27 heavy (non-hydrogen) atoms. The third-order valence-corrected chi connectivity index (χ3v) is 11.6. The van der Waals surface area contributed by atoms with E-state index in [2.05, 4.69) is 68.2 Å². The Balaban J connectivity index is 0.00000131. The number of rotatable bonds is 4. The maximum atomic E-state index is 2.67. The molecule has 0 saturated heterocycles. The molecule has 0 nitrogen and oxygen atoms in total. The normalized spacial score (nSPS) is 21.3. The second-order valence-electron chi connectivity index (χ2n) is 8.56. The SMILES string of the molecule is C[Si](C)(C)C1=CC[C]([Zr+2][CH]2C=C(c3ccccc3)C3=C2CCCC3)=C1.[Cl-].[Cl-]. The zero-order valence-electron chi connectivity index (χ0n) is 16.5. The van der Waals surface area contributed by atoms with E-state index in [1.807, 2.05) is 8.85 Å². The first-order valence-corrected chi connectivity index (χ1v) is 15.8. The topological polar surface area (TPSA) is 0 Å². The Labute approximate surface area is 189 Å². The van der Waals surface area contributed by atoms with Crippen molar-refractivity contribution < 1.29 is 48.0 Å². The third kappa shape index (κ3) is 5.08. The molecule has 4 rings (SSSR count). The summed E-state index contributed by atoms with van der Waals surface area (Å²) in [6.45, 7) is 7.44. The molecule has 0 spiro atoms. The summed E-state index contributed by atoms with van der Waals surface area (Å²) in [5.74, 6) is 0. The Hall–Kier alpha value is -0.140. The van der Waals surface area contributed by atoms with Gasteiger partial charge in [0.15, 0.2) is 0 Å². The summed E-state index contributed by atoms with van der Waals surface area (Å²) in [5.41, 5.74) is 6.58. The monoisotopic (exact) mass is 492 g/mol. The molecular weight excluding hydrogens is 466 g/mol. The standard InChI is InChI=1S/C15H15.C8H13Si.2ClH.Zr/c1-2-6-12(7-3-1)15-11-10-13-8-4-5-9-14(13)15;1-9(2,3)8-6-4-5-7-8;;;/h1-3,6-7,10-11H,4-5,8-9H2;6-7H,4H2,1-3H3;2*1H;/q;;;;+2/p-2. The van der Waals surface area contributed by atoms with Gasteiger partial charge in [0.1, 0.15) is 0 Å². The zero-order valence-corrected chi connectivity index (χ0v) is 21.5. The second kappa shape index (κ2) is 9.57. The van der Waals surface area contributed by atoms with Crippen LogP contribution < -0.4 is 24.8 Å². The van der Waals surface area contributed by atoms with E-state index in [1.165, 1.54) is 37.7 Å². The molecule has 4 heteroatoms. The summed E-state index contributed by atoms with van der Waals surface area (Å²) in [5, 5.41) is 1.70. The van der Waals surface area contributed by atoms with Gasteiger partial charge in [-0.1, -0.05) is 0 Å². The van der Waals surface area contributed by atoms with Crippen LogP contribution in [-0.4, -0.2) is 8.07 Å². The van der Waals surface area contributed by atoms with E-state index < -0.39 is 31.3 Å². The number of hydrogen-bond acceptors (Lipinski definition) is 0. The largest absolute Gasteiger partial charge is 1.00 e. The van der Waals surface area contributed by atoms with Crippen LogP contribution in [0.1, 0.15) is 37.7 Å². The number of halogens is 2. The van der Waals surface area contributed by atoms with E-state index in [1.54, 1.807) is 16.3 Å². The number of benzene rings is 1. The molecule has 0 aliphatic heterocycles. The van der Waals surface area contributed by atoms with E-state index in [-0.39, 0.29) is 24.8 Å². The van der Waals surface area contributed by atoms with Crippen LogP contribution in [0.5, 0.6) is 0 Å². The van der Waals surface area contributed by atoms with E-state index >= 15 is 0 Å². The molecule has 1 aromatic carbocycles. The minimum absolute atomic E-state index is 0. The molecule has 0 heterocycles. The average Bonchev–Trinajstić information content (AvgIpc) is 3.21. The van der Waals surface area contributed by atoms with Crippen molar-refractivity contribution in [3.63, 3.8) is 0 Å². The molecule has 1 aromatic rings. The average molecular weight is 495 g/mol. The van der Waals surface area contributed by atoms with Gasteiger partial charge in [0.25, 0.3) is 0 Å². The van der Waals surface area contributed by atoms with Crippen molar-refractivity contribution in [3.05, 3.63) is 73.7 Å². The van der Waals surface area contributed by atoms with Gasteiger partial charge in [0.05, 0.1) is 0 Å². The van der Waals surface area contributed by atoms with Crippen LogP contribution in [0.15, 0.2) is 68.2 Å². The Bertz CT molecular complexity index is 797. The van der Waals surface area contributed by atoms with Gasteiger partial charge in [0, 0.05) is 0 Å². The maximum absolute atomic E-state index is 2.67. The van der Waals surface area contributed by atoms with Crippen LogP contribution in [0.2, 0.25) is 23.3 Å². The smallest absolute Gasteiger partial charge is 1.00 e. The van der Waals surface area contributed by atoms with Crippen molar-refractivity contribution in [2.45, 2.75) is 55.4 Å². The number of allylic oxidation sites excluding steroid dienone is 8. The van der Waals surface area contributed by atoms with Gasteiger partial charge in [-0.3, -0.25) is 0 Å². The second-order valence-corrected chi connectivity index (χ2v) is 17.5. The molecule has 0 saturated carbocycles. The summed E-state index contributed by atoms with van der Waals surface area (Å²) >= 11 is -0.559. The van der Waals surface area contributed by atoms with Crippen molar-refractivity contribution in [2.75, 3.05) is 0 Å². The van der Waals surface area contributed by atoms with Crippen molar-refractivity contribution >= 4 is 13.6 Å². The summed E-state index contributed by atoms with van der Waals surface area (Å²) in [6, 6.07) is 11.1. The van der Waals surface area contributed by atoms with E-state index in [4.69, 9.17) is 0 Å². The minimum Gasteiger partial charge on any atom is -1.00 e. The Morgan fingerprint density at radius 3 is 2.33 bits per heavy atom. The summed E-state index contributed by atoms with van der Waals surface area (Å²) in [6.07, 6.45) is 14.6. The van der Waals surface area contributed by atoms with Gasteiger partial charge in [-0.15, -0.1) is 0 Å². The minimum atomic E-state index is -1.14. The predicted octanol–water partition coefficient (Wildman–Crippen LogP) is 0.925. The molecular formula is C23H28Cl2SiZr. The van der Waals surface area contributed by atoms with E-state index in [0.717, 1.165) is 3.63 Å². The van der Waals surface area contributed by atoms with Crippen LogP contribution >= 0.6 is 0 Å². The van der Waals surface area contributed by atoms with Crippen LogP contribution in [0.3, 0.4) is 0 Å². The first-order chi connectivity index (χ1) is 12.0. The molecule has 0 aromatic heterocycles. The zero-order chi connectivity index (χ0) is 17.4. The van der Waals surface area contributed by atoms with Gasteiger partial charge in [0.2, 0.25) is 0 Å². The fourth-order valence-corrected chi connectivity index (χ4v) is 9.92. The first-order valence-electron chi connectivity index (χ1n) is 9.69. The summed E-state index contributed by atoms with van der Waals surface area (Å²) < 4.78 is 2.64. The molecule has 3 aliphatic rings. The Morgan fingerprint density at radius 1 is 0.963 bits per heavy atom. The quantitative estimate of drug-likeness (QED) is 0.547. The van der Waals surface area contributed by atoms with Gasteiger partial charge in [-0.05, 0) is 0 Å². The molecule has 1 atom stereocenters. The molecule has 0 fully saturated rings. The fourth-order valence-electron chi connectivity index (χ4n) is 4.31. The van der Waals surface area contributed by atoms with Crippen LogP contribution in [0.4, 0.5) is 0 Å². The first kappa shape index (κ1) is 23.1. The van der Waals surface area contributed by atoms with Crippen LogP contribution in [-0.2, 0) is 23.2 Å². The van der Waals surface area contributed by atoms with Crippen LogP contribution in [0, 0.1) is 0 Å². The van der Waals surface area contributed by atoms with E-state index in [0.29, 0.717) is 0 Å². The van der Waals surface area contributed by atoms with Gasteiger partial charge in [-0.2, -0.15) is 0 Å². The maximum Gasteiger partial charge on any atom is -1.00 e. The molecule has 0 N–H and O–H groups in total. The molecule has 3 aliphatic carbocycles. The molecule has 0 amide bonds. The fraction of sp³-hybridized carbons (Fsp3) is 0.391. The Morgan fingerprint density at radius 2 is 1.67 bits per heavy atom. The molecule has 1 unspecified atom stereocenters. The number of hydrogen-bond donors (Lipinski definition) is 0. The van der Waals surface area contributed by atoms with Gasteiger partial charge in [-0.25, -0.2) is 0 Å². The third-order valence-electron chi connectivity index (χ3n) is 5.71. The predicted molar refractivity (Wildman–Crippen MR) is 108 cm³/mol.